The second kappa shape index (κ2) is 5.03. The van der Waals surface area contributed by atoms with Gasteiger partial charge in [0, 0.05) is 24.3 Å². The summed E-state index contributed by atoms with van der Waals surface area (Å²) in [6.07, 6.45) is 2.62. The van der Waals surface area contributed by atoms with Crippen molar-refractivity contribution in [2.75, 3.05) is 13.2 Å². The van der Waals surface area contributed by atoms with E-state index in [-0.39, 0.29) is 17.5 Å². The highest BCUT2D eigenvalue weighted by atomic mass is 16.6. The Morgan fingerprint density at radius 1 is 1.16 bits per heavy atom. The lowest BCUT2D eigenvalue weighted by Crippen LogP contribution is -2.23. The van der Waals surface area contributed by atoms with Crippen LogP contribution in [0.15, 0.2) is 18.2 Å². The molecule has 1 heterocycles. The van der Waals surface area contributed by atoms with Gasteiger partial charge in [-0.1, -0.05) is 0 Å². The van der Waals surface area contributed by atoms with Crippen molar-refractivity contribution in [3.63, 3.8) is 0 Å². The molecule has 1 atom stereocenters. The van der Waals surface area contributed by atoms with Gasteiger partial charge in [-0.15, -0.1) is 0 Å². The van der Waals surface area contributed by atoms with Gasteiger partial charge in [0.1, 0.15) is 19.0 Å². The monoisotopic (exact) mass is 260 g/mol. The molecule has 0 radical (unpaired) electrons. The van der Waals surface area contributed by atoms with E-state index in [9.17, 15) is 9.59 Å². The average molecular weight is 260 g/mol. The quantitative estimate of drug-likeness (QED) is 0.766. The van der Waals surface area contributed by atoms with Gasteiger partial charge in [-0.25, -0.2) is 0 Å². The van der Waals surface area contributed by atoms with Gasteiger partial charge in [-0.2, -0.15) is 0 Å². The van der Waals surface area contributed by atoms with Gasteiger partial charge in [0.05, 0.1) is 0 Å². The molecule has 0 amide bonds. The van der Waals surface area contributed by atoms with Crippen LogP contribution in [0.4, 0.5) is 0 Å². The number of ketones is 2. The minimum Gasteiger partial charge on any atom is -0.486 e. The SMILES string of the molecule is O=C1CCCC(C(=O)c2ccc3c(c2)OCCO3)C1. The minimum atomic E-state index is -0.163. The van der Waals surface area contributed by atoms with Crippen LogP contribution in [0.25, 0.3) is 0 Å². The van der Waals surface area contributed by atoms with Crippen LogP contribution in [0.1, 0.15) is 36.0 Å². The molecule has 2 aliphatic rings. The fourth-order valence-electron chi connectivity index (χ4n) is 2.68. The van der Waals surface area contributed by atoms with Crippen molar-refractivity contribution in [1.29, 1.82) is 0 Å². The molecule has 0 spiro atoms. The van der Waals surface area contributed by atoms with E-state index in [1.807, 2.05) is 0 Å². The van der Waals surface area contributed by atoms with Crippen molar-refractivity contribution in [2.45, 2.75) is 25.7 Å². The third kappa shape index (κ3) is 2.48. The van der Waals surface area contributed by atoms with Crippen LogP contribution in [0.5, 0.6) is 11.5 Å². The molecule has 3 rings (SSSR count). The Balaban J connectivity index is 1.81. The van der Waals surface area contributed by atoms with E-state index in [1.165, 1.54) is 0 Å². The predicted octanol–water partition coefficient (Wildman–Crippen LogP) is 2.40. The third-order valence-electron chi connectivity index (χ3n) is 3.68. The van der Waals surface area contributed by atoms with Crippen LogP contribution >= 0.6 is 0 Å². The summed E-state index contributed by atoms with van der Waals surface area (Å²) in [5.41, 5.74) is 0.615. The first-order valence-corrected chi connectivity index (χ1v) is 6.69. The number of rotatable bonds is 2. The fourth-order valence-corrected chi connectivity index (χ4v) is 2.68. The first-order valence-electron chi connectivity index (χ1n) is 6.69. The Bertz CT molecular complexity index is 521. The molecule has 1 fully saturated rings. The Morgan fingerprint density at radius 2 is 1.95 bits per heavy atom. The minimum absolute atomic E-state index is 0.0463. The second-order valence-electron chi connectivity index (χ2n) is 5.05. The molecule has 100 valence electrons. The zero-order valence-electron chi connectivity index (χ0n) is 10.7. The highest BCUT2D eigenvalue weighted by Crippen LogP contribution is 2.33. The molecule has 4 heteroatoms. The van der Waals surface area contributed by atoms with Crippen LogP contribution in [0.2, 0.25) is 0 Å². The maximum Gasteiger partial charge on any atom is 0.166 e. The normalized spacial score (nSPS) is 22.1. The summed E-state index contributed by atoms with van der Waals surface area (Å²) in [6.45, 7) is 1.05. The maximum atomic E-state index is 12.4. The summed E-state index contributed by atoms with van der Waals surface area (Å²) in [5, 5.41) is 0. The Labute approximate surface area is 111 Å². The largest absolute Gasteiger partial charge is 0.486 e. The smallest absolute Gasteiger partial charge is 0.166 e. The van der Waals surface area contributed by atoms with Crippen LogP contribution in [0, 0.1) is 5.92 Å². The Morgan fingerprint density at radius 3 is 2.74 bits per heavy atom. The molecule has 19 heavy (non-hydrogen) atoms. The van der Waals surface area contributed by atoms with E-state index in [0.717, 1.165) is 12.8 Å². The van der Waals surface area contributed by atoms with Crippen LogP contribution in [0.3, 0.4) is 0 Å². The zero-order valence-corrected chi connectivity index (χ0v) is 10.7. The van der Waals surface area contributed by atoms with Gasteiger partial charge in [0.15, 0.2) is 17.3 Å². The molecule has 1 aromatic carbocycles. The molecule has 0 aromatic heterocycles. The van der Waals surface area contributed by atoms with Crippen molar-refractivity contribution in [1.82, 2.24) is 0 Å². The van der Waals surface area contributed by atoms with Gasteiger partial charge in [-0.3, -0.25) is 9.59 Å². The number of carbonyl (C=O) groups is 2. The number of fused-ring (bicyclic) bond motifs is 1. The maximum absolute atomic E-state index is 12.4. The first-order chi connectivity index (χ1) is 9.24. The van der Waals surface area contributed by atoms with E-state index in [4.69, 9.17) is 9.47 Å². The molecule has 1 aliphatic carbocycles. The predicted molar refractivity (Wildman–Crippen MR) is 68.7 cm³/mol. The number of carbonyl (C=O) groups excluding carboxylic acids is 2. The highest BCUT2D eigenvalue weighted by molar-refractivity contribution is 6.01. The molecular formula is C15H16O4. The molecule has 1 aromatic rings. The van der Waals surface area contributed by atoms with E-state index in [0.29, 0.717) is 43.1 Å². The molecular weight excluding hydrogens is 244 g/mol. The molecule has 1 aliphatic heterocycles. The van der Waals surface area contributed by atoms with Gasteiger partial charge in [-0.05, 0) is 31.0 Å². The van der Waals surface area contributed by atoms with E-state index >= 15 is 0 Å². The molecule has 0 N–H and O–H groups in total. The lowest BCUT2D eigenvalue weighted by Gasteiger charge is -2.21. The number of ether oxygens (including phenoxy) is 2. The summed E-state index contributed by atoms with van der Waals surface area (Å²) in [7, 11) is 0. The summed E-state index contributed by atoms with van der Waals surface area (Å²) < 4.78 is 10.9. The standard InChI is InChI=1S/C15H16O4/c16-12-3-1-2-10(8-12)15(17)11-4-5-13-14(9-11)19-7-6-18-13/h4-5,9-10H,1-3,6-8H2. The van der Waals surface area contributed by atoms with Crippen LogP contribution < -0.4 is 9.47 Å². The van der Waals surface area contributed by atoms with Crippen molar-refractivity contribution in [3.05, 3.63) is 23.8 Å². The van der Waals surface area contributed by atoms with Gasteiger partial charge >= 0.3 is 0 Å². The van der Waals surface area contributed by atoms with Gasteiger partial charge < -0.3 is 9.47 Å². The molecule has 1 unspecified atom stereocenters. The Kier molecular flexibility index (Phi) is 3.23. The molecule has 0 saturated heterocycles. The number of benzene rings is 1. The third-order valence-corrected chi connectivity index (χ3v) is 3.68. The lowest BCUT2D eigenvalue weighted by molar-refractivity contribution is -0.121. The zero-order chi connectivity index (χ0) is 13.2. The van der Waals surface area contributed by atoms with E-state index in [2.05, 4.69) is 0 Å². The molecule has 0 bridgehead atoms. The van der Waals surface area contributed by atoms with Crippen molar-refractivity contribution < 1.29 is 19.1 Å². The second-order valence-corrected chi connectivity index (χ2v) is 5.05. The number of Topliss-reactive ketones (excluding diaryl/α,β-unsaturated/α-hetero) is 2. The average Bonchev–Trinajstić information content (AvgIpc) is 2.46. The van der Waals surface area contributed by atoms with Gasteiger partial charge in [0.25, 0.3) is 0 Å². The number of hydrogen-bond acceptors (Lipinski definition) is 4. The van der Waals surface area contributed by atoms with E-state index < -0.39 is 0 Å². The first kappa shape index (κ1) is 12.2. The Hall–Kier alpha value is -1.84. The molecule has 4 nitrogen and oxygen atoms in total. The van der Waals surface area contributed by atoms with Crippen molar-refractivity contribution in [2.24, 2.45) is 5.92 Å². The highest BCUT2D eigenvalue weighted by Gasteiger charge is 2.27. The summed E-state index contributed by atoms with van der Waals surface area (Å²) >= 11 is 0. The van der Waals surface area contributed by atoms with Crippen LogP contribution in [-0.4, -0.2) is 24.8 Å². The van der Waals surface area contributed by atoms with E-state index in [1.54, 1.807) is 18.2 Å². The topological polar surface area (TPSA) is 52.6 Å². The van der Waals surface area contributed by atoms with Crippen molar-refractivity contribution >= 4 is 11.6 Å². The molecule has 1 saturated carbocycles. The number of hydrogen-bond donors (Lipinski definition) is 0. The van der Waals surface area contributed by atoms with Crippen molar-refractivity contribution in [3.8, 4) is 11.5 Å². The fraction of sp³-hybridized carbons (Fsp3) is 0.467. The lowest BCUT2D eigenvalue weighted by atomic mass is 9.83. The van der Waals surface area contributed by atoms with Crippen LogP contribution in [-0.2, 0) is 4.79 Å². The summed E-state index contributed by atoms with van der Waals surface area (Å²) in [4.78, 5) is 23.8. The van der Waals surface area contributed by atoms with Gasteiger partial charge in [0.2, 0.25) is 0 Å². The summed E-state index contributed by atoms with van der Waals surface area (Å²) in [6, 6.07) is 5.26. The summed E-state index contributed by atoms with van der Waals surface area (Å²) in [5.74, 6) is 1.39.